The number of benzene rings is 3. The van der Waals surface area contributed by atoms with Crippen molar-refractivity contribution in [2.24, 2.45) is 0 Å². The standard InChI is InChI=1S/C37H44O4/c1-8-28-14-16-30(17-15-28)33-18-19-35(29(9-2)22-33)34-23-31(12-10-20-40-36(38)25(3)4)27(7)32(24-34)13-11-21-41-37(39)26(5)6/h14-19,22-24H,3,5,8-13,20-21H2,1-2,4,6-7H3. The van der Waals surface area contributed by atoms with Gasteiger partial charge < -0.3 is 9.47 Å². The van der Waals surface area contributed by atoms with Crippen LogP contribution in [0.4, 0.5) is 0 Å². The van der Waals surface area contributed by atoms with Crippen LogP contribution in [0.3, 0.4) is 0 Å². The summed E-state index contributed by atoms with van der Waals surface area (Å²) in [5.74, 6) is -0.699. The summed E-state index contributed by atoms with van der Waals surface area (Å²) in [5, 5.41) is 0. The van der Waals surface area contributed by atoms with Gasteiger partial charge in [0.05, 0.1) is 13.2 Å². The van der Waals surface area contributed by atoms with E-state index < -0.39 is 0 Å². The van der Waals surface area contributed by atoms with Crippen LogP contribution in [0.15, 0.2) is 78.9 Å². The number of aryl methyl sites for hydroxylation is 4. The van der Waals surface area contributed by atoms with E-state index in [1.54, 1.807) is 13.8 Å². The van der Waals surface area contributed by atoms with E-state index in [0.717, 1.165) is 38.5 Å². The highest BCUT2D eigenvalue weighted by molar-refractivity contribution is 5.87. The zero-order valence-electron chi connectivity index (χ0n) is 25.4. The lowest BCUT2D eigenvalue weighted by atomic mass is 9.88. The minimum Gasteiger partial charge on any atom is -0.462 e. The molecule has 0 heterocycles. The Hall–Kier alpha value is -3.92. The first-order valence-electron chi connectivity index (χ1n) is 14.6. The molecule has 0 aliphatic rings. The van der Waals surface area contributed by atoms with Crippen LogP contribution in [0.1, 0.15) is 68.4 Å². The van der Waals surface area contributed by atoms with Crippen LogP contribution in [0.5, 0.6) is 0 Å². The fourth-order valence-corrected chi connectivity index (χ4v) is 4.90. The van der Waals surface area contributed by atoms with Gasteiger partial charge in [0.15, 0.2) is 0 Å². The molecule has 0 N–H and O–H groups in total. The van der Waals surface area contributed by atoms with E-state index in [-0.39, 0.29) is 11.9 Å². The molecular formula is C37H44O4. The number of carbonyl (C=O) groups is 2. The highest BCUT2D eigenvalue weighted by Crippen LogP contribution is 2.33. The smallest absolute Gasteiger partial charge is 0.333 e. The van der Waals surface area contributed by atoms with Crippen molar-refractivity contribution >= 4 is 11.9 Å². The van der Waals surface area contributed by atoms with Crippen molar-refractivity contribution in [3.8, 4) is 22.3 Å². The first kappa shape index (κ1) is 31.6. The average molecular weight is 553 g/mol. The molecule has 0 aliphatic carbocycles. The summed E-state index contributed by atoms with van der Waals surface area (Å²) in [4.78, 5) is 23.6. The molecule has 0 spiro atoms. The molecule has 216 valence electrons. The third kappa shape index (κ3) is 8.78. The summed E-state index contributed by atoms with van der Waals surface area (Å²) >= 11 is 0. The summed E-state index contributed by atoms with van der Waals surface area (Å²) in [5.41, 5.74) is 12.0. The van der Waals surface area contributed by atoms with E-state index in [1.807, 2.05) is 0 Å². The maximum Gasteiger partial charge on any atom is 0.333 e. The Morgan fingerprint density at radius 2 is 1.15 bits per heavy atom. The lowest BCUT2D eigenvalue weighted by molar-refractivity contribution is -0.139. The summed E-state index contributed by atoms with van der Waals surface area (Å²) in [7, 11) is 0. The van der Waals surface area contributed by atoms with Gasteiger partial charge in [-0.3, -0.25) is 0 Å². The van der Waals surface area contributed by atoms with Gasteiger partial charge in [-0.25, -0.2) is 9.59 Å². The summed E-state index contributed by atoms with van der Waals surface area (Å²) in [6, 6.07) is 20.1. The average Bonchev–Trinajstić information content (AvgIpc) is 2.98. The summed E-state index contributed by atoms with van der Waals surface area (Å²) in [6.07, 6.45) is 5.00. The SMILES string of the molecule is C=C(C)C(=O)OCCCc1cc(-c2ccc(-c3ccc(CC)cc3)cc2CC)cc(CCCOC(=O)C(=C)C)c1C. The Balaban J connectivity index is 1.90. The van der Waals surface area contributed by atoms with Gasteiger partial charge in [-0.15, -0.1) is 0 Å². The Bertz CT molecular complexity index is 1340. The molecule has 0 bridgehead atoms. The van der Waals surface area contributed by atoms with E-state index in [9.17, 15) is 9.59 Å². The van der Waals surface area contributed by atoms with Crippen molar-refractivity contribution in [1.29, 1.82) is 0 Å². The number of hydrogen-bond acceptors (Lipinski definition) is 4. The van der Waals surface area contributed by atoms with E-state index in [1.165, 1.54) is 50.1 Å². The fourth-order valence-electron chi connectivity index (χ4n) is 4.90. The van der Waals surface area contributed by atoms with Gasteiger partial charge >= 0.3 is 11.9 Å². The molecule has 0 unspecified atom stereocenters. The lowest BCUT2D eigenvalue weighted by Crippen LogP contribution is -2.08. The molecule has 0 fully saturated rings. The Labute approximate surface area is 246 Å². The molecule has 0 aromatic heterocycles. The molecule has 41 heavy (non-hydrogen) atoms. The highest BCUT2D eigenvalue weighted by atomic mass is 16.5. The predicted octanol–water partition coefficient (Wildman–Crippen LogP) is 8.56. The molecule has 0 amide bonds. The van der Waals surface area contributed by atoms with Crippen LogP contribution in [0, 0.1) is 6.92 Å². The zero-order valence-corrected chi connectivity index (χ0v) is 25.4. The normalized spacial score (nSPS) is 10.8. The Morgan fingerprint density at radius 1 is 0.659 bits per heavy atom. The van der Waals surface area contributed by atoms with Crippen LogP contribution in [-0.2, 0) is 44.7 Å². The molecular weight excluding hydrogens is 508 g/mol. The Morgan fingerprint density at radius 3 is 1.61 bits per heavy atom. The van der Waals surface area contributed by atoms with E-state index >= 15 is 0 Å². The summed E-state index contributed by atoms with van der Waals surface area (Å²) < 4.78 is 10.7. The lowest BCUT2D eigenvalue weighted by Gasteiger charge is -2.18. The molecule has 3 aromatic rings. The van der Waals surface area contributed by atoms with Crippen molar-refractivity contribution in [3.05, 3.63) is 107 Å². The quantitative estimate of drug-likeness (QED) is 0.114. The largest absolute Gasteiger partial charge is 0.462 e. The van der Waals surface area contributed by atoms with Crippen LogP contribution < -0.4 is 0 Å². The van der Waals surface area contributed by atoms with Crippen molar-refractivity contribution < 1.29 is 19.1 Å². The number of esters is 2. The third-order valence-electron chi connectivity index (χ3n) is 7.46. The predicted molar refractivity (Wildman–Crippen MR) is 169 cm³/mol. The first-order chi connectivity index (χ1) is 19.6. The minimum absolute atomic E-state index is 0.350. The highest BCUT2D eigenvalue weighted by Gasteiger charge is 2.14. The molecule has 4 nitrogen and oxygen atoms in total. The number of rotatable bonds is 14. The Kier molecular flexibility index (Phi) is 11.7. The second kappa shape index (κ2) is 15.2. The fraction of sp³-hybridized carbons (Fsp3) is 0.351. The van der Waals surface area contributed by atoms with Crippen molar-refractivity contribution in [3.63, 3.8) is 0 Å². The second-order valence-corrected chi connectivity index (χ2v) is 10.7. The van der Waals surface area contributed by atoms with Crippen molar-refractivity contribution in [2.45, 2.75) is 73.1 Å². The van der Waals surface area contributed by atoms with Gasteiger partial charge in [-0.05, 0) is 109 Å². The molecule has 3 rings (SSSR count). The second-order valence-electron chi connectivity index (χ2n) is 10.7. The maximum atomic E-state index is 11.8. The van der Waals surface area contributed by atoms with E-state index in [0.29, 0.717) is 24.4 Å². The van der Waals surface area contributed by atoms with Crippen molar-refractivity contribution in [1.82, 2.24) is 0 Å². The van der Waals surface area contributed by atoms with Gasteiger partial charge in [0.2, 0.25) is 0 Å². The van der Waals surface area contributed by atoms with E-state index in [4.69, 9.17) is 9.47 Å². The van der Waals surface area contributed by atoms with Gasteiger partial charge in [0.1, 0.15) is 0 Å². The molecule has 0 saturated carbocycles. The van der Waals surface area contributed by atoms with Crippen LogP contribution in [-0.4, -0.2) is 25.2 Å². The van der Waals surface area contributed by atoms with Gasteiger partial charge in [0.25, 0.3) is 0 Å². The molecule has 3 aromatic carbocycles. The van der Waals surface area contributed by atoms with E-state index in [2.05, 4.69) is 88.5 Å². The molecule has 0 aliphatic heterocycles. The first-order valence-corrected chi connectivity index (χ1v) is 14.6. The minimum atomic E-state index is -0.350. The monoisotopic (exact) mass is 552 g/mol. The van der Waals surface area contributed by atoms with Gasteiger partial charge in [-0.2, -0.15) is 0 Å². The van der Waals surface area contributed by atoms with Gasteiger partial charge in [0, 0.05) is 11.1 Å². The number of carbonyl (C=O) groups excluding carboxylic acids is 2. The zero-order chi connectivity index (χ0) is 29.9. The molecule has 0 atom stereocenters. The molecule has 0 saturated heterocycles. The van der Waals surface area contributed by atoms with Crippen LogP contribution in [0.25, 0.3) is 22.3 Å². The van der Waals surface area contributed by atoms with Crippen molar-refractivity contribution in [2.75, 3.05) is 13.2 Å². The van der Waals surface area contributed by atoms with Crippen LogP contribution in [0.2, 0.25) is 0 Å². The van der Waals surface area contributed by atoms with Crippen LogP contribution >= 0.6 is 0 Å². The molecule has 4 heteroatoms. The number of ether oxygens (including phenoxy) is 2. The summed E-state index contributed by atoms with van der Waals surface area (Å²) in [6.45, 7) is 17.9. The molecule has 0 radical (unpaired) electrons. The maximum absolute atomic E-state index is 11.8. The topological polar surface area (TPSA) is 52.6 Å². The number of hydrogen-bond donors (Lipinski definition) is 0. The third-order valence-corrected chi connectivity index (χ3v) is 7.46. The van der Waals surface area contributed by atoms with Gasteiger partial charge in [-0.1, -0.05) is 81.6 Å².